The average Bonchev–Trinajstić information content (AvgIpc) is 2.68. The van der Waals surface area contributed by atoms with Crippen LogP contribution >= 0.6 is 0 Å². The second-order valence-corrected chi connectivity index (χ2v) is 6.10. The van der Waals surface area contributed by atoms with Crippen LogP contribution in [0.4, 0.5) is 11.5 Å². The highest BCUT2D eigenvalue weighted by atomic mass is 16.2. The lowest BCUT2D eigenvalue weighted by molar-refractivity contribution is 0.0737. The summed E-state index contributed by atoms with van der Waals surface area (Å²) in [6.45, 7) is 3.16. The molecule has 0 atom stereocenters. The van der Waals surface area contributed by atoms with Crippen molar-refractivity contribution in [3.05, 3.63) is 66.2 Å². The molecule has 5 heteroatoms. The van der Waals surface area contributed by atoms with Crippen LogP contribution in [0.5, 0.6) is 0 Å². The van der Waals surface area contributed by atoms with E-state index >= 15 is 0 Å². The molecular formula is C20H20N4O. The Hall–Kier alpha value is -2.92. The van der Waals surface area contributed by atoms with Gasteiger partial charge in [0.25, 0.3) is 5.91 Å². The van der Waals surface area contributed by atoms with Crippen molar-refractivity contribution in [1.82, 2.24) is 15.2 Å². The van der Waals surface area contributed by atoms with Crippen LogP contribution in [0.2, 0.25) is 0 Å². The average molecular weight is 332 g/mol. The minimum absolute atomic E-state index is 0.0605. The van der Waals surface area contributed by atoms with Gasteiger partial charge in [-0.15, -0.1) is 0 Å². The summed E-state index contributed by atoms with van der Waals surface area (Å²) >= 11 is 0. The normalized spacial score (nSPS) is 14.5. The zero-order chi connectivity index (χ0) is 17.1. The molecule has 0 saturated carbocycles. The Bertz CT molecular complexity index is 903. The molecule has 5 nitrogen and oxygen atoms in total. The molecule has 1 aliphatic rings. The van der Waals surface area contributed by atoms with Gasteiger partial charge in [0.1, 0.15) is 5.82 Å². The van der Waals surface area contributed by atoms with Gasteiger partial charge in [-0.25, -0.2) is 4.98 Å². The van der Waals surface area contributed by atoms with Crippen molar-refractivity contribution in [3.8, 4) is 0 Å². The quantitative estimate of drug-likeness (QED) is 0.774. The van der Waals surface area contributed by atoms with Gasteiger partial charge < -0.3 is 15.5 Å². The number of benzene rings is 2. The van der Waals surface area contributed by atoms with E-state index in [1.807, 2.05) is 65.6 Å². The summed E-state index contributed by atoms with van der Waals surface area (Å²) in [5.41, 5.74) is 2.39. The van der Waals surface area contributed by atoms with Crippen molar-refractivity contribution in [3.63, 3.8) is 0 Å². The van der Waals surface area contributed by atoms with Crippen LogP contribution in [-0.4, -0.2) is 42.0 Å². The Labute approximate surface area is 146 Å². The number of anilines is 2. The zero-order valence-electron chi connectivity index (χ0n) is 13.9. The summed E-state index contributed by atoms with van der Waals surface area (Å²) < 4.78 is 0. The first-order valence-corrected chi connectivity index (χ1v) is 8.53. The molecule has 126 valence electrons. The number of hydrogen-bond donors (Lipinski definition) is 2. The van der Waals surface area contributed by atoms with Crippen LogP contribution in [0, 0.1) is 0 Å². The molecule has 4 rings (SSSR count). The number of hydrogen-bond acceptors (Lipinski definition) is 4. The first-order chi connectivity index (χ1) is 12.3. The van der Waals surface area contributed by atoms with E-state index in [4.69, 9.17) is 0 Å². The molecule has 0 aliphatic carbocycles. The van der Waals surface area contributed by atoms with Crippen molar-refractivity contribution in [2.24, 2.45) is 0 Å². The maximum atomic E-state index is 12.9. The molecule has 2 N–H and O–H groups in total. The Morgan fingerprint density at radius 2 is 1.72 bits per heavy atom. The molecule has 0 radical (unpaired) electrons. The van der Waals surface area contributed by atoms with Crippen molar-refractivity contribution >= 4 is 28.3 Å². The first-order valence-electron chi connectivity index (χ1n) is 8.53. The lowest BCUT2D eigenvalue weighted by atomic mass is 10.1. The van der Waals surface area contributed by atoms with E-state index in [-0.39, 0.29) is 5.91 Å². The van der Waals surface area contributed by atoms with E-state index in [0.717, 1.165) is 48.6 Å². The summed E-state index contributed by atoms with van der Waals surface area (Å²) in [4.78, 5) is 19.4. The van der Waals surface area contributed by atoms with Gasteiger partial charge in [-0.3, -0.25) is 4.79 Å². The number of aromatic nitrogens is 1. The summed E-state index contributed by atoms with van der Waals surface area (Å²) in [7, 11) is 0. The number of amides is 1. The summed E-state index contributed by atoms with van der Waals surface area (Å²) in [5.74, 6) is 0.796. The third kappa shape index (κ3) is 3.32. The van der Waals surface area contributed by atoms with E-state index in [1.165, 1.54) is 0 Å². The molecule has 1 fully saturated rings. The van der Waals surface area contributed by atoms with Crippen LogP contribution in [0.25, 0.3) is 10.9 Å². The van der Waals surface area contributed by atoms with Crippen molar-refractivity contribution in [2.45, 2.75) is 0 Å². The lowest BCUT2D eigenvalue weighted by Gasteiger charge is -2.28. The van der Waals surface area contributed by atoms with Crippen molar-refractivity contribution in [2.75, 3.05) is 31.5 Å². The fourth-order valence-corrected chi connectivity index (χ4v) is 3.09. The number of fused-ring (bicyclic) bond motifs is 1. The monoisotopic (exact) mass is 332 g/mol. The second-order valence-electron chi connectivity index (χ2n) is 6.10. The van der Waals surface area contributed by atoms with E-state index < -0.39 is 0 Å². The van der Waals surface area contributed by atoms with Gasteiger partial charge in [-0.1, -0.05) is 30.3 Å². The summed E-state index contributed by atoms with van der Waals surface area (Å²) in [6.07, 6.45) is 0. The number of nitrogens with one attached hydrogen (secondary N) is 2. The third-order valence-corrected chi connectivity index (χ3v) is 4.42. The third-order valence-electron chi connectivity index (χ3n) is 4.42. The number of carbonyl (C=O) groups is 1. The molecule has 2 heterocycles. The van der Waals surface area contributed by atoms with Gasteiger partial charge in [0.15, 0.2) is 0 Å². The molecule has 25 heavy (non-hydrogen) atoms. The van der Waals surface area contributed by atoms with Gasteiger partial charge in [-0.05, 0) is 30.3 Å². The Morgan fingerprint density at radius 3 is 2.60 bits per heavy atom. The van der Waals surface area contributed by atoms with E-state index in [0.29, 0.717) is 5.56 Å². The fourth-order valence-electron chi connectivity index (χ4n) is 3.09. The molecule has 2 aromatic carbocycles. The van der Waals surface area contributed by atoms with Gasteiger partial charge >= 0.3 is 0 Å². The van der Waals surface area contributed by atoms with Crippen LogP contribution in [0.3, 0.4) is 0 Å². The molecule has 1 amide bonds. The van der Waals surface area contributed by atoms with Crippen LogP contribution in [-0.2, 0) is 0 Å². The Kier molecular flexibility index (Phi) is 4.31. The molecule has 0 bridgehead atoms. The minimum atomic E-state index is 0.0605. The summed E-state index contributed by atoms with van der Waals surface area (Å²) in [5, 5.41) is 7.68. The van der Waals surface area contributed by atoms with Crippen LogP contribution in [0.1, 0.15) is 10.4 Å². The zero-order valence-corrected chi connectivity index (χ0v) is 13.9. The minimum Gasteiger partial charge on any atom is -0.340 e. The predicted octanol–water partition coefficient (Wildman–Crippen LogP) is 3.02. The van der Waals surface area contributed by atoms with E-state index in [1.54, 1.807) is 0 Å². The molecule has 0 spiro atoms. The highest BCUT2D eigenvalue weighted by molar-refractivity contribution is 6.00. The number of piperazine rings is 1. The lowest BCUT2D eigenvalue weighted by Crippen LogP contribution is -2.46. The first kappa shape index (κ1) is 15.6. The van der Waals surface area contributed by atoms with Gasteiger partial charge in [0.2, 0.25) is 0 Å². The second kappa shape index (κ2) is 6.91. The molecular weight excluding hydrogens is 312 g/mol. The largest absolute Gasteiger partial charge is 0.340 e. The SMILES string of the molecule is O=C(c1ccccc1Nc1ccc2ccccc2n1)N1CCNCC1. The maximum Gasteiger partial charge on any atom is 0.256 e. The summed E-state index contributed by atoms with van der Waals surface area (Å²) in [6, 6.07) is 19.6. The standard InChI is InChI=1S/C20H20N4O/c25-20(24-13-11-21-12-14-24)16-6-2-4-8-18(16)23-19-10-9-15-5-1-3-7-17(15)22-19/h1-10,21H,11-14H2,(H,22,23). The van der Waals surface area contributed by atoms with E-state index in [2.05, 4.69) is 15.6 Å². The van der Waals surface area contributed by atoms with Crippen LogP contribution < -0.4 is 10.6 Å². The van der Waals surface area contributed by atoms with Gasteiger partial charge in [0.05, 0.1) is 16.8 Å². The molecule has 1 aromatic heterocycles. The van der Waals surface area contributed by atoms with Gasteiger partial charge in [-0.2, -0.15) is 0 Å². The topological polar surface area (TPSA) is 57.3 Å². The number of nitrogens with zero attached hydrogens (tertiary/aromatic N) is 2. The fraction of sp³-hybridized carbons (Fsp3) is 0.200. The van der Waals surface area contributed by atoms with Crippen molar-refractivity contribution in [1.29, 1.82) is 0 Å². The molecule has 1 saturated heterocycles. The number of pyridine rings is 1. The number of carbonyl (C=O) groups excluding carboxylic acids is 1. The predicted molar refractivity (Wildman–Crippen MR) is 100 cm³/mol. The highest BCUT2D eigenvalue weighted by Crippen LogP contribution is 2.23. The maximum absolute atomic E-state index is 12.9. The number of para-hydroxylation sites is 2. The molecule has 0 unspecified atom stereocenters. The smallest absolute Gasteiger partial charge is 0.256 e. The number of rotatable bonds is 3. The molecule has 1 aliphatic heterocycles. The van der Waals surface area contributed by atoms with E-state index in [9.17, 15) is 4.79 Å². The Morgan fingerprint density at radius 1 is 0.960 bits per heavy atom. The highest BCUT2D eigenvalue weighted by Gasteiger charge is 2.20. The Balaban J connectivity index is 1.62. The van der Waals surface area contributed by atoms with Crippen molar-refractivity contribution < 1.29 is 4.79 Å². The van der Waals surface area contributed by atoms with Gasteiger partial charge in [0, 0.05) is 31.6 Å². The van der Waals surface area contributed by atoms with Crippen LogP contribution in [0.15, 0.2) is 60.7 Å². The molecule has 3 aromatic rings.